The summed E-state index contributed by atoms with van der Waals surface area (Å²) in [6.45, 7) is 5.12. The van der Waals surface area contributed by atoms with E-state index >= 15 is 0 Å². The molecule has 11 heavy (non-hydrogen) atoms. The van der Waals surface area contributed by atoms with Gasteiger partial charge in [-0.15, -0.1) is 0 Å². The van der Waals surface area contributed by atoms with Crippen LogP contribution in [0.2, 0.25) is 0 Å². The lowest BCUT2D eigenvalue weighted by Crippen LogP contribution is -2.30. The van der Waals surface area contributed by atoms with Crippen molar-refractivity contribution in [1.82, 2.24) is 10.6 Å². The molecule has 0 aromatic heterocycles. The van der Waals surface area contributed by atoms with Gasteiger partial charge in [-0.25, -0.2) is 0 Å². The van der Waals surface area contributed by atoms with Crippen LogP contribution in [0.1, 0.15) is 19.8 Å². The fourth-order valence-corrected chi connectivity index (χ4v) is 0.966. The molecule has 0 aliphatic carbocycles. The van der Waals surface area contributed by atoms with Gasteiger partial charge in [0.15, 0.2) is 0 Å². The van der Waals surface area contributed by atoms with Gasteiger partial charge in [0.1, 0.15) is 0 Å². The van der Waals surface area contributed by atoms with Gasteiger partial charge in [-0.2, -0.15) is 0 Å². The summed E-state index contributed by atoms with van der Waals surface area (Å²) in [6.07, 6.45) is 2.25. The van der Waals surface area contributed by atoms with Crippen LogP contribution in [0.4, 0.5) is 0 Å². The van der Waals surface area contributed by atoms with Crippen molar-refractivity contribution >= 4 is 0 Å². The van der Waals surface area contributed by atoms with E-state index in [-0.39, 0.29) is 0 Å². The highest BCUT2D eigenvalue weighted by atomic mass is 14.9. The zero-order valence-electron chi connectivity index (χ0n) is 7.69. The predicted molar refractivity (Wildman–Crippen MR) is 49.7 cm³/mol. The van der Waals surface area contributed by atoms with Crippen molar-refractivity contribution in [3.05, 3.63) is 0 Å². The van der Waals surface area contributed by atoms with Crippen LogP contribution in [-0.4, -0.2) is 32.7 Å². The molecule has 0 aromatic carbocycles. The van der Waals surface area contributed by atoms with E-state index in [0.29, 0.717) is 6.04 Å². The first kappa shape index (κ1) is 10.9. The molecule has 3 heteroatoms. The number of rotatable bonds is 7. The summed E-state index contributed by atoms with van der Waals surface area (Å²) < 4.78 is 0. The normalized spacial score (nSPS) is 13.4. The van der Waals surface area contributed by atoms with Gasteiger partial charge in [-0.05, 0) is 46.4 Å². The van der Waals surface area contributed by atoms with Crippen LogP contribution in [0.5, 0.6) is 0 Å². The third-order valence-corrected chi connectivity index (χ3v) is 1.70. The minimum absolute atomic E-state index is 0.567. The molecule has 0 heterocycles. The highest BCUT2D eigenvalue weighted by Gasteiger charge is 1.96. The first-order chi connectivity index (χ1) is 5.31. The van der Waals surface area contributed by atoms with Crippen molar-refractivity contribution in [3.8, 4) is 0 Å². The van der Waals surface area contributed by atoms with E-state index in [1.165, 1.54) is 6.42 Å². The predicted octanol–water partition coefficient (Wildman–Crippen LogP) is -0.0772. The van der Waals surface area contributed by atoms with E-state index in [2.05, 4.69) is 17.6 Å². The fraction of sp³-hybridized carbons (Fsp3) is 1.00. The van der Waals surface area contributed by atoms with E-state index in [0.717, 1.165) is 26.1 Å². The zero-order chi connectivity index (χ0) is 8.53. The second-order valence-corrected chi connectivity index (χ2v) is 2.89. The van der Waals surface area contributed by atoms with Gasteiger partial charge in [0.2, 0.25) is 0 Å². The summed E-state index contributed by atoms with van der Waals surface area (Å²) in [6, 6.07) is 0.567. The molecule has 0 saturated heterocycles. The number of hydrogen-bond acceptors (Lipinski definition) is 3. The summed E-state index contributed by atoms with van der Waals surface area (Å²) in [7, 11) is 1.98. The van der Waals surface area contributed by atoms with Gasteiger partial charge >= 0.3 is 0 Å². The highest BCUT2D eigenvalue weighted by molar-refractivity contribution is 4.60. The van der Waals surface area contributed by atoms with Crippen LogP contribution in [0.15, 0.2) is 0 Å². The molecule has 0 bridgehead atoms. The maximum absolute atomic E-state index is 5.41. The molecule has 0 aliphatic heterocycles. The van der Waals surface area contributed by atoms with Gasteiger partial charge in [0.25, 0.3) is 0 Å². The Hall–Kier alpha value is -0.120. The first-order valence-corrected chi connectivity index (χ1v) is 4.39. The van der Waals surface area contributed by atoms with Crippen molar-refractivity contribution < 1.29 is 0 Å². The van der Waals surface area contributed by atoms with Crippen LogP contribution in [0.25, 0.3) is 0 Å². The van der Waals surface area contributed by atoms with Gasteiger partial charge in [-0.3, -0.25) is 0 Å². The molecule has 0 aromatic rings. The topological polar surface area (TPSA) is 50.1 Å². The molecular weight excluding hydrogens is 138 g/mol. The van der Waals surface area contributed by atoms with Crippen molar-refractivity contribution in [2.45, 2.75) is 25.8 Å². The van der Waals surface area contributed by atoms with E-state index in [1.807, 2.05) is 7.05 Å². The number of hydrogen-bond donors (Lipinski definition) is 3. The molecule has 0 fully saturated rings. The van der Waals surface area contributed by atoms with Gasteiger partial charge in [-0.1, -0.05) is 0 Å². The lowest BCUT2D eigenvalue weighted by Gasteiger charge is -2.11. The second-order valence-electron chi connectivity index (χ2n) is 2.89. The Morgan fingerprint density at radius 2 is 2.09 bits per heavy atom. The average molecular weight is 159 g/mol. The summed E-state index contributed by atoms with van der Waals surface area (Å²) in [5.74, 6) is 0. The molecule has 3 nitrogen and oxygen atoms in total. The molecule has 0 spiro atoms. The number of nitrogens with two attached hydrogens (primary N) is 1. The Morgan fingerprint density at radius 1 is 1.36 bits per heavy atom. The number of nitrogens with one attached hydrogen (secondary N) is 2. The largest absolute Gasteiger partial charge is 0.330 e. The Kier molecular flexibility index (Phi) is 7.89. The molecule has 68 valence electrons. The smallest absolute Gasteiger partial charge is 0.00507 e. The molecular formula is C8H21N3. The Morgan fingerprint density at radius 3 is 2.64 bits per heavy atom. The average Bonchev–Trinajstić information content (AvgIpc) is 1.99. The monoisotopic (exact) mass is 159 g/mol. The van der Waals surface area contributed by atoms with Crippen LogP contribution >= 0.6 is 0 Å². The van der Waals surface area contributed by atoms with Crippen LogP contribution in [0.3, 0.4) is 0 Å². The van der Waals surface area contributed by atoms with E-state index in [1.54, 1.807) is 0 Å². The second kappa shape index (κ2) is 7.98. The Labute approximate surface area is 69.7 Å². The third kappa shape index (κ3) is 7.78. The van der Waals surface area contributed by atoms with Gasteiger partial charge < -0.3 is 16.4 Å². The highest BCUT2D eigenvalue weighted by Crippen LogP contribution is 1.86. The minimum atomic E-state index is 0.567. The molecule has 0 saturated carbocycles. The zero-order valence-corrected chi connectivity index (χ0v) is 7.69. The molecule has 1 unspecified atom stereocenters. The van der Waals surface area contributed by atoms with E-state index < -0.39 is 0 Å². The summed E-state index contributed by atoms with van der Waals surface area (Å²) in [5.41, 5.74) is 5.41. The minimum Gasteiger partial charge on any atom is -0.330 e. The summed E-state index contributed by atoms with van der Waals surface area (Å²) in [4.78, 5) is 0. The van der Waals surface area contributed by atoms with E-state index in [9.17, 15) is 0 Å². The van der Waals surface area contributed by atoms with Crippen LogP contribution in [-0.2, 0) is 0 Å². The fourth-order valence-electron chi connectivity index (χ4n) is 0.966. The van der Waals surface area contributed by atoms with Crippen molar-refractivity contribution in [2.24, 2.45) is 5.73 Å². The lowest BCUT2D eigenvalue weighted by atomic mass is 10.2. The van der Waals surface area contributed by atoms with E-state index in [4.69, 9.17) is 5.73 Å². The summed E-state index contributed by atoms with van der Waals surface area (Å²) >= 11 is 0. The van der Waals surface area contributed by atoms with Crippen LogP contribution in [0, 0.1) is 0 Å². The Balaban J connectivity index is 2.97. The first-order valence-electron chi connectivity index (χ1n) is 4.39. The van der Waals surface area contributed by atoms with Crippen LogP contribution < -0.4 is 16.4 Å². The molecule has 4 N–H and O–H groups in total. The van der Waals surface area contributed by atoms with Crippen molar-refractivity contribution in [2.75, 3.05) is 26.7 Å². The SMILES string of the molecule is CNCCCNC(C)CCN. The summed E-state index contributed by atoms with van der Waals surface area (Å²) in [5, 5.41) is 6.51. The maximum atomic E-state index is 5.41. The molecule has 1 atom stereocenters. The molecule has 0 aliphatic rings. The van der Waals surface area contributed by atoms with Crippen molar-refractivity contribution in [3.63, 3.8) is 0 Å². The molecule has 0 amide bonds. The van der Waals surface area contributed by atoms with Gasteiger partial charge in [0, 0.05) is 6.04 Å². The molecule has 0 rings (SSSR count). The Bertz CT molecular complexity index is 75.7. The lowest BCUT2D eigenvalue weighted by molar-refractivity contribution is 0.507. The standard InChI is InChI=1S/C8H21N3/c1-8(4-5-9)11-7-3-6-10-2/h8,10-11H,3-7,9H2,1-2H3. The quantitative estimate of drug-likeness (QED) is 0.456. The molecule has 0 radical (unpaired) electrons. The maximum Gasteiger partial charge on any atom is 0.00507 e. The third-order valence-electron chi connectivity index (χ3n) is 1.70. The van der Waals surface area contributed by atoms with Gasteiger partial charge in [0.05, 0.1) is 0 Å². The van der Waals surface area contributed by atoms with Crippen molar-refractivity contribution in [1.29, 1.82) is 0 Å².